The first kappa shape index (κ1) is 16.5. The molecule has 0 radical (unpaired) electrons. The van der Waals surface area contributed by atoms with E-state index in [0.29, 0.717) is 0 Å². The highest BCUT2D eigenvalue weighted by molar-refractivity contribution is 5.96. The first-order valence-electron chi connectivity index (χ1n) is 7.68. The van der Waals surface area contributed by atoms with Gasteiger partial charge in [-0.15, -0.1) is 0 Å². The van der Waals surface area contributed by atoms with E-state index in [1.807, 2.05) is 0 Å². The van der Waals surface area contributed by atoms with Crippen molar-refractivity contribution in [1.29, 1.82) is 0 Å². The van der Waals surface area contributed by atoms with Crippen LogP contribution in [0, 0.1) is 11.7 Å². The van der Waals surface area contributed by atoms with Crippen LogP contribution in [0.3, 0.4) is 0 Å². The van der Waals surface area contributed by atoms with Crippen LogP contribution in [0.25, 0.3) is 0 Å². The van der Waals surface area contributed by atoms with E-state index in [1.54, 1.807) is 0 Å². The van der Waals surface area contributed by atoms with Gasteiger partial charge in [0, 0.05) is 6.04 Å². The number of halogens is 1. The Balaban J connectivity index is 1.87. The first-order valence-corrected chi connectivity index (χ1v) is 7.68. The number of nitrogens with one attached hydrogen (secondary N) is 1. The number of carbonyl (C=O) groups is 2. The van der Waals surface area contributed by atoms with Crippen LogP contribution in [0.15, 0.2) is 18.2 Å². The number of carbonyl (C=O) groups excluding carboxylic acids is 2. The van der Waals surface area contributed by atoms with Crippen molar-refractivity contribution >= 4 is 11.7 Å². The summed E-state index contributed by atoms with van der Waals surface area (Å²) < 4.78 is 18.5. The van der Waals surface area contributed by atoms with E-state index in [4.69, 9.17) is 4.74 Å². The second-order valence-corrected chi connectivity index (χ2v) is 6.01. The smallest absolute Gasteiger partial charge is 0.258 e. The maximum atomic E-state index is 13.2. The van der Waals surface area contributed by atoms with E-state index in [0.717, 1.165) is 37.7 Å². The quantitative estimate of drug-likeness (QED) is 0.850. The Bertz CT molecular complexity index is 551. The van der Waals surface area contributed by atoms with Crippen LogP contribution < -0.4 is 10.1 Å². The van der Waals surface area contributed by atoms with E-state index in [2.05, 4.69) is 12.2 Å². The predicted octanol–water partition coefficient (Wildman–Crippen LogP) is 3.10. The molecular weight excluding hydrogens is 285 g/mol. The Hall–Kier alpha value is -1.91. The molecule has 22 heavy (non-hydrogen) atoms. The average molecular weight is 307 g/mol. The standard InChI is InChI=1S/C17H22FNO3/c1-11-3-6-14(7-4-11)19-17(21)10-22-16-8-5-13(18)9-15(16)12(2)20/h5,8-9,11,14H,3-4,6-7,10H2,1-2H3,(H,19,21). The highest BCUT2D eigenvalue weighted by atomic mass is 19.1. The Kier molecular flexibility index (Phi) is 5.52. The molecule has 2 rings (SSSR count). The fourth-order valence-electron chi connectivity index (χ4n) is 2.72. The van der Waals surface area contributed by atoms with Crippen molar-refractivity contribution in [3.8, 4) is 5.75 Å². The molecule has 1 aliphatic carbocycles. The molecule has 1 aromatic rings. The van der Waals surface area contributed by atoms with Crippen molar-refractivity contribution in [3.05, 3.63) is 29.6 Å². The molecule has 1 aromatic carbocycles. The van der Waals surface area contributed by atoms with Crippen LogP contribution >= 0.6 is 0 Å². The maximum Gasteiger partial charge on any atom is 0.258 e. The summed E-state index contributed by atoms with van der Waals surface area (Å²) >= 11 is 0. The minimum atomic E-state index is -0.502. The largest absolute Gasteiger partial charge is 0.483 e. The monoisotopic (exact) mass is 307 g/mol. The molecule has 1 aliphatic rings. The summed E-state index contributed by atoms with van der Waals surface area (Å²) in [5.41, 5.74) is 0.152. The van der Waals surface area contributed by atoms with Gasteiger partial charge in [0.1, 0.15) is 11.6 Å². The maximum absolute atomic E-state index is 13.2. The van der Waals surface area contributed by atoms with Crippen LogP contribution in [0.5, 0.6) is 5.75 Å². The zero-order chi connectivity index (χ0) is 16.1. The fourth-order valence-corrected chi connectivity index (χ4v) is 2.72. The van der Waals surface area contributed by atoms with Crippen LogP contribution in [-0.4, -0.2) is 24.3 Å². The molecule has 1 amide bonds. The Morgan fingerprint density at radius 3 is 2.59 bits per heavy atom. The van der Waals surface area contributed by atoms with Crippen molar-refractivity contribution in [2.75, 3.05) is 6.61 Å². The van der Waals surface area contributed by atoms with Crippen LogP contribution in [0.2, 0.25) is 0 Å². The van der Waals surface area contributed by atoms with Gasteiger partial charge in [0.2, 0.25) is 0 Å². The molecule has 0 saturated heterocycles. The third kappa shape index (κ3) is 4.55. The van der Waals surface area contributed by atoms with Gasteiger partial charge in [-0.1, -0.05) is 6.92 Å². The molecular formula is C17H22FNO3. The lowest BCUT2D eigenvalue weighted by atomic mass is 9.87. The molecule has 120 valence electrons. The zero-order valence-corrected chi connectivity index (χ0v) is 13.0. The lowest BCUT2D eigenvalue weighted by Gasteiger charge is -2.26. The number of hydrogen-bond acceptors (Lipinski definition) is 3. The summed E-state index contributed by atoms with van der Waals surface area (Å²) in [7, 11) is 0. The Morgan fingerprint density at radius 1 is 1.27 bits per heavy atom. The molecule has 0 bridgehead atoms. The first-order chi connectivity index (χ1) is 10.5. The summed E-state index contributed by atoms with van der Waals surface area (Å²) in [6.07, 6.45) is 4.22. The van der Waals surface area contributed by atoms with E-state index in [1.165, 1.54) is 19.1 Å². The molecule has 4 nitrogen and oxygen atoms in total. The van der Waals surface area contributed by atoms with Gasteiger partial charge >= 0.3 is 0 Å². The summed E-state index contributed by atoms with van der Waals surface area (Å²) in [6, 6.07) is 3.91. The van der Waals surface area contributed by atoms with Gasteiger partial charge in [0.15, 0.2) is 12.4 Å². The predicted molar refractivity (Wildman–Crippen MR) is 81.5 cm³/mol. The molecule has 0 atom stereocenters. The van der Waals surface area contributed by atoms with Gasteiger partial charge in [0.25, 0.3) is 5.91 Å². The number of rotatable bonds is 5. The van der Waals surface area contributed by atoms with Gasteiger partial charge in [0.05, 0.1) is 5.56 Å². The highest BCUT2D eigenvalue weighted by Gasteiger charge is 2.20. The fraction of sp³-hybridized carbons (Fsp3) is 0.529. The van der Waals surface area contributed by atoms with Crippen molar-refractivity contribution in [2.45, 2.75) is 45.6 Å². The molecule has 1 fully saturated rings. The third-order valence-electron chi connectivity index (χ3n) is 4.06. The van der Waals surface area contributed by atoms with Crippen molar-refractivity contribution < 1.29 is 18.7 Å². The second kappa shape index (κ2) is 7.38. The molecule has 0 heterocycles. The molecule has 1 N–H and O–H groups in total. The van der Waals surface area contributed by atoms with Crippen LogP contribution in [-0.2, 0) is 4.79 Å². The lowest BCUT2D eigenvalue weighted by molar-refractivity contribution is -0.124. The SMILES string of the molecule is CC(=O)c1cc(F)ccc1OCC(=O)NC1CCC(C)CC1. The molecule has 1 saturated carbocycles. The minimum absolute atomic E-state index is 0.152. The van der Waals surface area contributed by atoms with Gasteiger partial charge in [-0.05, 0) is 56.7 Å². The normalized spacial score (nSPS) is 21.2. The number of benzene rings is 1. The van der Waals surface area contributed by atoms with Gasteiger partial charge in [-0.2, -0.15) is 0 Å². The minimum Gasteiger partial charge on any atom is -0.483 e. The van der Waals surface area contributed by atoms with Crippen molar-refractivity contribution in [1.82, 2.24) is 5.32 Å². The highest BCUT2D eigenvalue weighted by Crippen LogP contribution is 2.23. The molecule has 0 aliphatic heterocycles. The number of Topliss-reactive ketones (excluding diaryl/α,β-unsaturated/α-hetero) is 1. The number of amides is 1. The summed E-state index contributed by atoms with van der Waals surface area (Å²) in [6.45, 7) is 3.39. The Morgan fingerprint density at radius 2 is 1.95 bits per heavy atom. The van der Waals surface area contributed by atoms with E-state index < -0.39 is 5.82 Å². The summed E-state index contributed by atoms with van der Waals surface area (Å²) in [5.74, 6) is -0.0454. The molecule has 5 heteroatoms. The van der Waals surface area contributed by atoms with Crippen molar-refractivity contribution in [3.63, 3.8) is 0 Å². The number of ketones is 1. The van der Waals surface area contributed by atoms with E-state index in [9.17, 15) is 14.0 Å². The Labute approximate surface area is 130 Å². The van der Waals surface area contributed by atoms with Crippen LogP contribution in [0.4, 0.5) is 4.39 Å². The summed E-state index contributed by atoms with van der Waals surface area (Å²) in [5, 5.41) is 2.95. The number of ether oxygens (including phenoxy) is 1. The van der Waals surface area contributed by atoms with Crippen molar-refractivity contribution in [2.24, 2.45) is 5.92 Å². The lowest BCUT2D eigenvalue weighted by Crippen LogP contribution is -2.39. The van der Waals surface area contributed by atoms with E-state index in [-0.39, 0.29) is 35.7 Å². The summed E-state index contributed by atoms with van der Waals surface area (Å²) in [4.78, 5) is 23.4. The zero-order valence-electron chi connectivity index (χ0n) is 13.0. The van der Waals surface area contributed by atoms with Gasteiger partial charge in [-0.25, -0.2) is 4.39 Å². The third-order valence-corrected chi connectivity index (χ3v) is 4.06. The van der Waals surface area contributed by atoms with Gasteiger partial charge in [-0.3, -0.25) is 9.59 Å². The van der Waals surface area contributed by atoms with Crippen LogP contribution in [0.1, 0.15) is 49.9 Å². The second-order valence-electron chi connectivity index (χ2n) is 6.01. The van der Waals surface area contributed by atoms with Gasteiger partial charge < -0.3 is 10.1 Å². The average Bonchev–Trinajstić information content (AvgIpc) is 2.48. The molecule has 0 spiro atoms. The molecule has 0 aromatic heterocycles. The van der Waals surface area contributed by atoms with E-state index >= 15 is 0 Å². The topological polar surface area (TPSA) is 55.4 Å². The number of hydrogen-bond donors (Lipinski definition) is 1. The molecule has 0 unspecified atom stereocenters.